The van der Waals surface area contributed by atoms with Gasteiger partial charge in [0.05, 0.1) is 28.5 Å². The fraction of sp³-hybridized carbons (Fsp3) is 0.435. The molecular formula is C23H30Cl2N2O4S. The summed E-state index contributed by atoms with van der Waals surface area (Å²) in [5, 5.41) is 3.42. The minimum absolute atomic E-state index is 0.0420. The molecule has 6 nitrogen and oxygen atoms in total. The van der Waals surface area contributed by atoms with Gasteiger partial charge >= 0.3 is 0 Å². The molecule has 32 heavy (non-hydrogen) atoms. The van der Waals surface area contributed by atoms with Gasteiger partial charge in [0.15, 0.2) is 0 Å². The van der Waals surface area contributed by atoms with E-state index in [0.717, 1.165) is 17.6 Å². The predicted molar refractivity (Wildman–Crippen MR) is 132 cm³/mol. The van der Waals surface area contributed by atoms with Crippen molar-refractivity contribution >= 4 is 44.8 Å². The summed E-state index contributed by atoms with van der Waals surface area (Å²) in [4.78, 5) is 12.2. The van der Waals surface area contributed by atoms with Crippen molar-refractivity contribution < 1.29 is 17.9 Å². The number of para-hydroxylation sites is 1. The van der Waals surface area contributed by atoms with Gasteiger partial charge in [-0.15, -0.1) is 0 Å². The third-order valence-corrected chi connectivity index (χ3v) is 6.67. The fourth-order valence-electron chi connectivity index (χ4n) is 3.16. The molecule has 0 aliphatic carbocycles. The molecule has 0 spiro atoms. The normalized spacial score (nSPS) is 11.8. The van der Waals surface area contributed by atoms with E-state index in [-0.39, 0.29) is 29.3 Å². The van der Waals surface area contributed by atoms with Gasteiger partial charge in [-0.1, -0.05) is 62.2 Å². The highest BCUT2D eigenvalue weighted by Gasteiger charge is 2.19. The number of amides is 1. The highest BCUT2D eigenvalue weighted by atomic mass is 35.5. The predicted octanol–water partition coefficient (Wildman–Crippen LogP) is 5.03. The molecule has 0 aliphatic heterocycles. The van der Waals surface area contributed by atoms with Crippen LogP contribution in [0.4, 0.5) is 5.69 Å². The molecule has 0 fully saturated rings. The number of sulfonamides is 1. The Hall–Kier alpha value is -1.96. The van der Waals surface area contributed by atoms with Gasteiger partial charge in [0.2, 0.25) is 15.9 Å². The van der Waals surface area contributed by atoms with E-state index < -0.39 is 10.0 Å². The van der Waals surface area contributed by atoms with E-state index >= 15 is 0 Å². The molecule has 2 aromatic rings. The molecule has 0 aliphatic rings. The lowest BCUT2D eigenvalue weighted by molar-refractivity contribution is -0.121. The number of carbonyl (C=O) groups excluding carboxylic acids is 1. The molecule has 0 saturated carbocycles. The first-order valence-electron chi connectivity index (χ1n) is 10.3. The van der Waals surface area contributed by atoms with Gasteiger partial charge in [-0.3, -0.25) is 9.10 Å². The highest BCUT2D eigenvalue weighted by molar-refractivity contribution is 7.92. The summed E-state index contributed by atoms with van der Waals surface area (Å²) in [6, 6.07) is 12.5. The van der Waals surface area contributed by atoms with Crippen molar-refractivity contribution in [1.82, 2.24) is 5.32 Å². The van der Waals surface area contributed by atoms with Crippen molar-refractivity contribution in [3.63, 3.8) is 0 Å². The largest absolute Gasteiger partial charge is 0.491 e. The first kappa shape index (κ1) is 26.3. The number of ether oxygens (including phenoxy) is 1. The van der Waals surface area contributed by atoms with Gasteiger partial charge in [0.1, 0.15) is 12.4 Å². The zero-order valence-corrected chi connectivity index (χ0v) is 21.1. The molecule has 2 rings (SSSR count). The van der Waals surface area contributed by atoms with Crippen LogP contribution in [0.2, 0.25) is 10.0 Å². The van der Waals surface area contributed by atoms with Crippen molar-refractivity contribution in [2.45, 2.75) is 39.0 Å². The van der Waals surface area contributed by atoms with Gasteiger partial charge in [-0.05, 0) is 41.7 Å². The third kappa shape index (κ3) is 7.87. The number of hydrogen-bond donors (Lipinski definition) is 1. The second-order valence-electron chi connectivity index (χ2n) is 8.48. The van der Waals surface area contributed by atoms with Crippen LogP contribution in [0.1, 0.15) is 39.2 Å². The number of nitrogens with one attached hydrogen (secondary N) is 1. The van der Waals surface area contributed by atoms with Crippen LogP contribution in [0.5, 0.6) is 5.75 Å². The molecule has 0 bridgehead atoms. The van der Waals surface area contributed by atoms with Crippen LogP contribution in [-0.4, -0.2) is 40.3 Å². The average molecular weight is 501 g/mol. The summed E-state index contributed by atoms with van der Waals surface area (Å²) in [6.45, 7) is 7.22. The molecule has 0 radical (unpaired) electrons. The number of hydrogen-bond acceptors (Lipinski definition) is 4. The third-order valence-electron chi connectivity index (χ3n) is 4.73. The average Bonchev–Trinajstić information content (AvgIpc) is 2.69. The van der Waals surface area contributed by atoms with Crippen LogP contribution < -0.4 is 14.4 Å². The molecule has 176 valence electrons. The standard InChI is InChI=1S/C23H30Cl2N2O4S/c1-23(2,3)18-8-5-6-9-21(18)31-15-13-26-22(28)10-7-14-27(32(4,29)30)17-11-12-19(24)20(25)16-17/h5-6,8-9,11-12,16H,7,10,13-15H2,1-4H3,(H,26,28). The lowest BCUT2D eigenvalue weighted by Gasteiger charge is -2.23. The Bertz CT molecular complexity index is 1040. The smallest absolute Gasteiger partial charge is 0.232 e. The lowest BCUT2D eigenvalue weighted by atomic mass is 9.86. The quantitative estimate of drug-likeness (QED) is 0.464. The Balaban J connectivity index is 1.82. The van der Waals surface area contributed by atoms with Crippen LogP contribution >= 0.6 is 23.2 Å². The van der Waals surface area contributed by atoms with E-state index in [1.54, 1.807) is 12.1 Å². The number of anilines is 1. The summed E-state index contributed by atoms with van der Waals surface area (Å²) in [5.41, 5.74) is 1.47. The van der Waals surface area contributed by atoms with E-state index in [1.807, 2.05) is 24.3 Å². The van der Waals surface area contributed by atoms with Gasteiger partial charge in [-0.25, -0.2) is 8.42 Å². The number of nitrogens with zero attached hydrogens (tertiary/aromatic N) is 1. The Morgan fingerprint density at radius 2 is 1.78 bits per heavy atom. The minimum atomic E-state index is -3.53. The number of benzene rings is 2. The SMILES string of the molecule is CC(C)(C)c1ccccc1OCCNC(=O)CCCN(c1ccc(Cl)c(Cl)c1)S(C)(=O)=O. The second-order valence-corrected chi connectivity index (χ2v) is 11.2. The van der Waals surface area contributed by atoms with E-state index in [2.05, 4.69) is 26.1 Å². The first-order valence-corrected chi connectivity index (χ1v) is 12.9. The Labute approximate surface area is 200 Å². The number of carbonyl (C=O) groups is 1. The summed E-state index contributed by atoms with van der Waals surface area (Å²) in [7, 11) is -3.53. The van der Waals surface area contributed by atoms with Crippen molar-refractivity contribution in [3.8, 4) is 5.75 Å². The molecule has 0 aromatic heterocycles. The monoisotopic (exact) mass is 500 g/mol. The summed E-state index contributed by atoms with van der Waals surface area (Å²) < 4.78 is 31.4. The molecule has 2 aromatic carbocycles. The zero-order valence-electron chi connectivity index (χ0n) is 18.8. The van der Waals surface area contributed by atoms with Crippen LogP contribution in [0, 0.1) is 0 Å². The number of halogens is 2. The van der Waals surface area contributed by atoms with E-state index in [4.69, 9.17) is 27.9 Å². The van der Waals surface area contributed by atoms with E-state index in [1.165, 1.54) is 10.4 Å². The summed E-state index contributed by atoms with van der Waals surface area (Å²) in [5.74, 6) is 0.639. The molecule has 0 atom stereocenters. The van der Waals surface area contributed by atoms with Crippen LogP contribution in [0.15, 0.2) is 42.5 Å². The fourth-order valence-corrected chi connectivity index (χ4v) is 4.41. The summed E-state index contributed by atoms with van der Waals surface area (Å²) in [6.07, 6.45) is 1.65. The molecule has 9 heteroatoms. The maximum absolute atomic E-state index is 12.2. The Morgan fingerprint density at radius 1 is 1.09 bits per heavy atom. The molecule has 0 saturated heterocycles. The molecular weight excluding hydrogens is 471 g/mol. The Kier molecular flexibility index (Phi) is 9.25. The van der Waals surface area contributed by atoms with Crippen molar-refractivity contribution in [2.24, 2.45) is 0 Å². The molecule has 0 unspecified atom stereocenters. The van der Waals surface area contributed by atoms with Crippen LogP contribution in [0.25, 0.3) is 0 Å². The minimum Gasteiger partial charge on any atom is -0.491 e. The van der Waals surface area contributed by atoms with Gasteiger partial charge in [-0.2, -0.15) is 0 Å². The van der Waals surface area contributed by atoms with Gasteiger partial charge in [0, 0.05) is 13.0 Å². The summed E-state index contributed by atoms with van der Waals surface area (Å²) >= 11 is 11.9. The lowest BCUT2D eigenvalue weighted by Crippen LogP contribution is -2.33. The molecule has 1 N–H and O–H groups in total. The maximum Gasteiger partial charge on any atom is 0.232 e. The second kappa shape index (κ2) is 11.3. The first-order chi connectivity index (χ1) is 14.9. The van der Waals surface area contributed by atoms with Gasteiger partial charge < -0.3 is 10.1 Å². The van der Waals surface area contributed by atoms with Crippen molar-refractivity contribution in [3.05, 3.63) is 58.1 Å². The van der Waals surface area contributed by atoms with Gasteiger partial charge in [0.25, 0.3) is 0 Å². The van der Waals surface area contributed by atoms with Crippen molar-refractivity contribution in [2.75, 3.05) is 30.3 Å². The van der Waals surface area contributed by atoms with Crippen molar-refractivity contribution in [1.29, 1.82) is 0 Å². The van der Waals surface area contributed by atoms with Crippen LogP contribution in [-0.2, 0) is 20.2 Å². The topological polar surface area (TPSA) is 75.7 Å². The molecule has 1 amide bonds. The maximum atomic E-state index is 12.2. The highest BCUT2D eigenvalue weighted by Crippen LogP contribution is 2.31. The van der Waals surface area contributed by atoms with Crippen LogP contribution in [0.3, 0.4) is 0 Å². The van der Waals surface area contributed by atoms with E-state index in [0.29, 0.717) is 30.3 Å². The molecule has 0 heterocycles. The Morgan fingerprint density at radius 3 is 2.41 bits per heavy atom. The van der Waals surface area contributed by atoms with E-state index in [9.17, 15) is 13.2 Å². The number of rotatable bonds is 10. The zero-order chi connectivity index (χ0) is 23.9.